The molecule has 1 fully saturated rings. The summed E-state index contributed by atoms with van der Waals surface area (Å²) in [5.74, 6) is 0.623. The van der Waals surface area contributed by atoms with E-state index in [-0.39, 0.29) is 16.9 Å². The molecular formula is C11H20N2OS. The Labute approximate surface area is 96.8 Å². The first-order valence-corrected chi connectivity index (χ1v) is 5.93. The molecule has 0 saturated heterocycles. The van der Waals surface area contributed by atoms with E-state index in [9.17, 15) is 4.79 Å². The Hall–Kier alpha value is -0.640. The predicted octanol–water partition coefficient (Wildman–Crippen LogP) is 1.60. The fraction of sp³-hybridized carbons (Fsp3) is 0.818. The number of hydrogen-bond donors (Lipinski definition) is 2. The van der Waals surface area contributed by atoms with Crippen LogP contribution >= 0.6 is 12.2 Å². The third-order valence-corrected chi connectivity index (χ3v) is 3.89. The van der Waals surface area contributed by atoms with Gasteiger partial charge in [-0.1, -0.05) is 19.1 Å². The second kappa shape index (κ2) is 4.47. The lowest BCUT2D eigenvalue weighted by Gasteiger charge is -2.27. The van der Waals surface area contributed by atoms with Gasteiger partial charge in [-0.05, 0) is 39.0 Å². The maximum absolute atomic E-state index is 12.0. The summed E-state index contributed by atoms with van der Waals surface area (Å²) >= 11 is 4.96. The first-order chi connectivity index (χ1) is 6.91. The molecule has 86 valence electrons. The van der Waals surface area contributed by atoms with Crippen LogP contribution in [-0.4, -0.2) is 16.9 Å². The molecule has 3 N–H and O–H groups in total. The minimum atomic E-state index is -0.696. The smallest absolute Gasteiger partial charge is 0.232 e. The molecule has 1 aliphatic rings. The SMILES string of the molecule is CCC(C)(C(=O)NC(C)C1CC1)C(N)=S. The molecule has 1 rings (SSSR count). The lowest BCUT2D eigenvalue weighted by atomic mass is 9.86. The monoisotopic (exact) mass is 228 g/mol. The summed E-state index contributed by atoms with van der Waals surface area (Å²) < 4.78 is 0. The number of thiocarbonyl (C=S) groups is 1. The highest BCUT2D eigenvalue weighted by atomic mass is 32.1. The third-order valence-electron chi connectivity index (χ3n) is 3.44. The molecule has 0 aliphatic heterocycles. The number of carbonyl (C=O) groups is 1. The Morgan fingerprint density at radius 3 is 2.53 bits per heavy atom. The fourth-order valence-corrected chi connectivity index (χ4v) is 1.76. The molecule has 0 radical (unpaired) electrons. The van der Waals surface area contributed by atoms with E-state index in [1.165, 1.54) is 12.8 Å². The summed E-state index contributed by atoms with van der Waals surface area (Å²) in [4.78, 5) is 12.3. The second-order valence-corrected chi connectivity index (χ2v) is 5.09. The largest absolute Gasteiger partial charge is 0.392 e. The summed E-state index contributed by atoms with van der Waals surface area (Å²) in [7, 11) is 0. The van der Waals surface area contributed by atoms with Gasteiger partial charge in [0.2, 0.25) is 5.91 Å². The number of amides is 1. The summed E-state index contributed by atoms with van der Waals surface area (Å²) in [5.41, 5.74) is 4.92. The Bertz CT molecular complexity index is 276. The Balaban J connectivity index is 2.60. The summed E-state index contributed by atoms with van der Waals surface area (Å²) in [6, 6.07) is 0.248. The maximum Gasteiger partial charge on any atom is 0.232 e. The zero-order valence-electron chi connectivity index (χ0n) is 9.67. The number of rotatable bonds is 5. The topological polar surface area (TPSA) is 55.1 Å². The Morgan fingerprint density at radius 2 is 2.20 bits per heavy atom. The van der Waals surface area contributed by atoms with Crippen molar-refractivity contribution in [3.63, 3.8) is 0 Å². The average Bonchev–Trinajstić information content (AvgIpc) is 2.98. The molecule has 0 aromatic rings. The van der Waals surface area contributed by atoms with Gasteiger partial charge in [-0.25, -0.2) is 0 Å². The van der Waals surface area contributed by atoms with E-state index in [2.05, 4.69) is 5.32 Å². The minimum Gasteiger partial charge on any atom is -0.392 e. The number of carbonyl (C=O) groups excluding carboxylic acids is 1. The molecule has 4 heteroatoms. The highest BCUT2D eigenvalue weighted by Crippen LogP contribution is 2.33. The van der Waals surface area contributed by atoms with Crippen molar-refractivity contribution < 1.29 is 4.79 Å². The molecular weight excluding hydrogens is 208 g/mol. The van der Waals surface area contributed by atoms with E-state index < -0.39 is 5.41 Å². The lowest BCUT2D eigenvalue weighted by Crippen LogP contribution is -2.49. The van der Waals surface area contributed by atoms with Crippen LogP contribution in [0.15, 0.2) is 0 Å². The zero-order valence-corrected chi connectivity index (χ0v) is 10.5. The average molecular weight is 228 g/mol. The van der Waals surface area contributed by atoms with E-state index in [1.54, 1.807) is 0 Å². The highest BCUT2D eigenvalue weighted by Gasteiger charge is 2.37. The number of hydrogen-bond acceptors (Lipinski definition) is 2. The van der Waals surface area contributed by atoms with Gasteiger partial charge in [0, 0.05) is 6.04 Å². The second-order valence-electron chi connectivity index (χ2n) is 4.65. The van der Waals surface area contributed by atoms with Crippen LogP contribution in [0.1, 0.15) is 40.0 Å². The lowest BCUT2D eigenvalue weighted by molar-refractivity contribution is -0.127. The molecule has 15 heavy (non-hydrogen) atoms. The van der Waals surface area contributed by atoms with Crippen LogP contribution in [0.2, 0.25) is 0 Å². The normalized spacial score (nSPS) is 21.5. The van der Waals surface area contributed by atoms with Gasteiger partial charge in [-0.2, -0.15) is 0 Å². The van der Waals surface area contributed by atoms with Crippen LogP contribution in [-0.2, 0) is 4.79 Å². The fourth-order valence-electron chi connectivity index (χ4n) is 1.53. The van der Waals surface area contributed by atoms with E-state index >= 15 is 0 Å². The van der Waals surface area contributed by atoms with Crippen molar-refractivity contribution in [2.45, 2.75) is 46.1 Å². The van der Waals surface area contributed by atoms with Crippen LogP contribution in [0.25, 0.3) is 0 Å². The first-order valence-electron chi connectivity index (χ1n) is 5.52. The molecule has 0 aromatic carbocycles. The maximum atomic E-state index is 12.0. The van der Waals surface area contributed by atoms with E-state index in [0.29, 0.717) is 12.3 Å². The van der Waals surface area contributed by atoms with Gasteiger partial charge >= 0.3 is 0 Å². The van der Waals surface area contributed by atoms with Crippen molar-refractivity contribution >= 4 is 23.1 Å². The summed E-state index contributed by atoms with van der Waals surface area (Å²) in [6.07, 6.45) is 3.08. The molecule has 1 amide bonds. The summed E-state index contributed by atoms with van der Waals surface area (Å²) in [5, 5.41) is 3.01. The number of nitrogens with two attached hydrogens (primary N) is 1. The van der Waals surface area contributed by atoms with Crippen molar-refractivity contribution in [2.75, 3.05) is 0 Å². The minimum absolute atomic E-state index is 0.0306. The quantitative estimate of drug-likeness (QED) is 0.703. The molecule has 3 nitrogen and oxygen atoms in total. The zero-order chi connectivity index (χ0) is 11.6. The predicted molar refractivity (Wildman–Crippen MR) is 65.5 cm³/mol. The highest BCUT2D eigenvalue weighted by molar-refractivity contribution is 7.80. The van der Waals surface area contributed by atoms with Crippen molar-refractivity contribution in [3.8, 4) is 0 Å². The third kappa shape index (κ3) is 2.68. The van der Waals surface area contributed by atoms with Crippen LogP contribution in [0.5, 0.6) is 0 Å². The van der Waals surface area contributed by atoms with Gasteiger partial charge in [0.25, 0.3) is 0 Å². The van der Waals surface area contributed by atoms with Crippen molar-refractivity contribution in [1.82, 2.24) is 5.32 Å². The van der Waals surface area contributed by atoms with Crippen molar-refractivity contribution in [3.05, 3.63) is 0 Å². The van der Waals surface area contributed by atoms with Crippen LogP contribution in [0.4, 0.5) is 0 Å². The molecule has 2 atom stereocenters. The molecule has 0 spiro atoms. The molecule has 0 heterocycles. The van der Waals surface area contributed by atoms with E-state index in [0.717, 1.165) is 0 Å². The van der Waals surface area contributed by atoms with Crippen LogP contribution in [0.3, 0.4) is 0 Å². The van der Waals surface area contributed by atoms with Gasteiger partial charge in [0.1, 0.15) is 0 Å². The van der Waals surface area contributed by atoms with Gasteiger partial charge in [-0.15, -0.1) is 0 Å². The molecule has 1 saturated carbocycles. The van der Waals surface area contributed by atoms with Crippen LogP contribution in [0, 0.1) is 11.3 Å². The van der Waals surface area contributed by atoms with Gasteiger partial charge in [-0.3, -0.25) is 4.79 Å². The van der Waals surface area contributed by atoms with E-state index in [4.69, 9.17) is 18.0 Å². The molecule has 0 aromatic heterocycles. The standard InChI is InChI=1S/C11H20N2OS/c1-4-11(3,9(12)15)10(14)13-7(2)8-5-6-8/h7-8H,4-6H2,1-3H3,(H2,12,15)(H,13,14). The Kier molecular flexibility index (Phi) is 3.71. The van der Waals surface area contributed by atoms with Gasteiger partial charge in [0.15, 0.2) is 0 Å². The van der Waals surface area contributed by atoms with Crippen LogP contribution < -0.4 is 11.1 Å². The van der Waals surface area contributed by atoms with Gasteiger partial charge in [0.05, 0.1) is 10.4 Å². The van der Waals surface area contributed by atoms with Crippen molar-refractivity contribution in [1.29, 1.82) is 0 Å². The van der Waals surface area contributed by atoms with Crippen molar-refractivity contribution in [2.24, 2.45) is 17.1 Å². The number of nitrogens with one attached hydrogen (secondary N) is 1. The van der Waals surface area contributed by atoms with Gasteiger partial charge < -0.3 is 11.1 Å². The molecule has 0 bridgehead atoms. The Morgan fingerprint density at radius 1 is 1.67 bits per heavy atom. The molecule has 2 unspecified atom stereocenters. The summed E-state index contributed by atoms with van der Waals surface area (Å²) in [6.45, 7) is 5.79. The van der Waals surface area contributed by atoms with E-state index in [1.807, 2.05) is 20.8 Å². The molecule has 1 aliphatic carbocycles. The first kappa shape index (κ1) is 12.4.